The number of carbonyl (C=O) groups is 1. The largest absolute Gasteiger partial charge is 0.377 e. The maximum atomic E-state index is 13.0. The Bertz CT molecular complexity index is 582. The highest BCUT2D eigenvalue weighted by molar-refractivity contribution is 7.92. The molecule has 1 aromatic carbocycles. The highest BCUT2D eigenvalue weighted by atomic mass is 32.2. The minimum absolute atomic E-state index is 0.0788. The number of ketones is 1. The first kappa shape index (κ1) is 14.1. The van der Waals surface area contributed by atoms with Crippen molar-refractivity contribution in [2.24, 2.45) is 0 Å². The Labute approximate surface area is 111 Å². The minimum atomic E-state index is -3.57. The zero-order chi connectivity index (χ0) is 14.0. The molecule has 0 spiro atoms. The van der Waals surface area contributed by atoms with Gasteiger partial charge in [-0.3, -0.25) is 4.79 Å². The monoisotopic (exact) mass is 286 g/mol. The summed E-state index contributed by atoms with van der Waals surface area (Å²) in [5.41, 5.74) is 0.0788. The van der Waals surface area contributed by atoms with Gasteiger partial charge in [-0.05, 0) is 25.5 Å². The lowest BCUT2D eigenvalue weighted by Gasteiger charge is -2.14. The summed E-state index contributed by atoms with van der Waals surface area (Å²) in [7, 11) is -3.57. The van der Waals surface area contributed by atoms with Crippen molar-refractivity contribution in [3.8, 4) is 0 Å². The summed E-state index contributed by atoms with van der Waals surface area (Å²) in [6.45, 7) is 2.07. The average Bonchev–Trinajstić information content (AvgIpc) is 2.75. The molecule has 0 radical (unpaired) electrons. The van der Waals surface area contributed by atoms with Crippen LogP contribution in [0.5, 0.6) is 0 Å². The third-order valence-corrected chi connectivity index (χ3v) is 5.45. The fraction of sp³-hybridized carbons (Fsp3) is 0.462. The average molecular weight is 286 g/mol. The van der Waals surface area contributed by atoms with Gasteiger partial charge in [-0.25, -0.2) is 12.8 Å². The summed E-state index contributed by atoms with van der Waals surface area (Å²) in [4.78, 5) is 11.9. The summed E-state index contributed by atoms with van der Waals surface area (Å²) in [6.07, 6.45) is 0.00485. The maximum Gasteiger partial charge on any atom is 0.177 e. The first-order chi connectivity index (χ1) is 8.90. The molecule has 1 heterocycles. The minimum Gasteiger partial charge on any atom is -0.377 e. The molecule has 0 saturated carbocycles. The van der Waals surface area contributed by atoms with Crippen LogP contribution in [0.3, 0.4) is 0 Å². The Kier molecular flexibility index (Phi) is 4.01. The van der Waals surface area contributed by atoms with Gasteiger partial charge < -0.3 is 4.74 Å². The van der Waals surface area contributed by atoms with Gasteiger partial charge in [0.2, 0.25) is 0 Å². The van der Waals surface area contributed by atoms with Crippen molar-refractivity contribution in [3.63, 3.8) is 0 Å². The van der Waals surface area contributed by atoms with Gasteiger partial charge in [0, 0.05) is 12.2 Å². The molecule has 0 aliphatic carbocycles. The van der Waals surface area contributed by atoms with Crippen LogP contribution >= 0.6 is 0 Å². The molecule has 1 saturated heterocycles. The number of sulfone groups is 1. The van der Waals surface area contributed by atoms with E-state index in [4.69, 9.17) is 4.74 Å². The van der Waals surface area contributed by atoms with Crippen LogP contribution in [-0.4, -0.2) is 37.9 Å². The number of carbonyl (C=O) groups excluding carboxylic acids is 1. The molecule has 6 heteroatoms. The normalized spacial score (nSPS) is 23.5. The van der Waals surface area contributed by atoms with Crippen LogP contribution in [0, 0.1) is 5.82 Å². The van der Waals surface area contributed by atoms with E-state index in [1.54, 1.807) is 6.92 Å². The molecule has 0 amide bonds. The Morgan fingerprint density at radius 3 is 2.79 bits per heavy atom. The van der Waals surface area contributed by atoms with Gasteiger partial charge in [-0.2, -0.15) is 0 Å². The van der Waals surface area contributed by atoms with Crippen molar-refractivity contribution in [1.82, 2.24) is 0 Å². The van der Waals surface area contributed by atoms with Gasteiger partial charge in [0.25, 0.3) is 0 Å². The molecule has 1 aromatic rings. The first-order valence-electron chi connectivity index (χ1n) is 6.02. The molecule has 0 aromatic heterocycles. The first-order valence-corrected chi connectivity index (χ1v) is 7.73. The SMILES string of the molecule is CC1OCCC1S(=O)(=O)CC(=O)c1cccc(F)c1. The van der Waals surface area contributed by atoms with E-state index in [-0.39, 0.29) is 5.56 Å². The van der Waals surface area contributed by atoms with Crippen molar-refractivity contribution in [2.75, 3.05) is 12.4 Å². The van der Waals surface area contributed by atoms with Crippen LogP contribution in [-0.2, 0) is 14.6 Å². The Morgan fingerprint density at radius 1 is 1.47 bits per heavy atom. The van der Waals surface area contributed by atoms with E-state index >= 15 is 0 Å². The van der Waals surface area contributed by atoms with Gasteiger partial charge in [-0.15, -0.1) is 0 Å². The second-order valence-electron chi connectivity index (χ2n) is 4.64. The number of hydrogen-bond acceptors (Lipinski definition) is 4. The van der Waals surface area contributed by atoms with Crippen molar-refractivity contribution in [2.45, 2.75) is 24.7 Å². The van der Waals surface area contributed by atoms with Crippen LogP contribution in [0.1, 0.15) is 23.7 Å². The van der Waals surface area contributed by atoms with Crippen LogP contribution in [0.15, 0.2) is 24.3 Å². The zero-order valence-electron chi connectivity index (χ0n) is 10.5. The fourth-order valence-corrected chi connectivity index (χ4v) is 4.08. The van der Waals surface area contributed by atoms with E-state index in [1.165, 1.54) is 18.2 Å². The van der Waals surface area contributed by atoms with E-state index in [1.807, 2.05) is 0 Å². The number of benzene rings is 1. The fourth-order valence-electron chi connectivity index (χ4n) is 2.22. The van der Waals surface area contributed by atoms with Crippen molar-refractivity contribution in [1.29, 1.82) is 0 Å². The molecule has 2 unspecified atom stereocenters. The maximum absolute atomic E-state index is 13.0. The predicted molar refractivity (Wildman–Crippen MR) is 68.3 cm³/mol. The number of ether oxygens (including phenoxy) is 1. The quantitative estimate of drug-likeness (QED) is 0.789. The molecule has 4 nitrogen and oxygen atoms in total. The van der Waals surface area contributed by atoms with E-state index in [0.29, 0.717) is 13.0 Å². The Hall–Kier alpha value is -1.27. The molecular formula is C13H15FO4S. The molecule has 2 atom stereocenters. The lowest BCUT2D eigenvalue weighted by molar-refractivity contribution is 0.101. The second-order valence-corrected chi connectivity index (χ2v) is 6.86. The van der Waals surface area contributed by atoms with Gasteiger partial charge in [0.05, 0.1) is 11.4 Å². The van der Waals surface area contributed by atoms with Crippen LogP contribution < -0.4 is 0 Å². The molecule has 0 N–H and O–H groups in total. The standard InChI is InChI=1S/C13H15FO4S/c1-9-13(5-6-18-9)19(16,17)8-12(15)10-3-2-4-11(14)7-10/h2-4,7,9,13H,5-6,8H2,1H3. The molecule has 19 heavy (non-hydrogen) atoms. The molecule has 1 aliphatic rings. The van der Waals surface area contributed by atoms with E-state index in [0.717, 1.165) is 6.07 Å². The molecule has 0 bridgehead atoms. The van der Waals surface area contributed by atoms with Crippen LogP contribution in [0.25, 0.3) is 0 Å². The molecular weight excluding hydrogens is 271 g/mol. The third kappa shape index (κ3) is 3.19. The number of hydrogen-bond donors (Lipinski definition) is 0. The van der Waals surface area contributed by atoms with Crippen molar-refractivity contribution < 1.29 is 22.3 Å². The van der Waals surface area contributed by atoms with Gasteiger partial charge in [0.15, 0.2) is 15.6 Å². The predicted octanol–water partition coefficient (Wildman–Crippen LogP) is 1.60. The van der Waals surface area contributed by atoms with Crippen LogP contribution in [0.4, 0.5) is 4.39 Å². The summed E-state index contributed by atoms with van der Waals surface area (Å²) < 4.78 is 42.4. The number of Topliss-reactive ketones (excluding diaryl/α,β-unsaturated/α-hetero) is 1. The van der Waals surface area contributed by atoms with Crippen molar-refractivity contribution >= 4 is 15.6 Å². The van der Waals surface area contributed by atoms with Gasteiger partial charge in [0.1, 0.15) is 11.6 Å². The van der Waals surface area contributed by atoms with E-state index in [9.17, 15) is 17.6 Å². The Balaban J connectivity index is 2.14. The summed E-state index contributed by atoms with van der Waals surface area (Å²) >= 11 is 0. The topological polar surface area (TPSA) is 60.4 Å². The summed E-state index contributed by atoms with van der Waals surface area (Å²) in [5.74, 6) is -1.74. The van der Waals surface area contributed by atoms with Gasteiger partial charge in [-0.1, -0.05) is 12.1 Å². The summed E-state index contributed by atoms with van der Waals surface area (Å²) in [6, 6.07) is 5.05. The molecule has 1 fully saturated rings. The van der Waals surface area contributed by atoms with Crippen LogP contribution in [0.2, 0.25) is 0 Å². The number of rotatable bonds is 4. The Morgan fingerprint density at radius 2 is 2.21 bits per heavy atom. The summed E-state index contributed by atoms with van der Waals surface area (Å²) in [5, 5.41) is -0.648. The lowest BCUT2D eigenvalue weighted by Crippen LogP contribution is -2.32. The number of halogens is 1. The van der Waals surface area contributed by atoms with E-state index in [2.05, 4.69) is 0 Å². The molecule has 104 valence electrons. The smallest absolute Gasteiger partial charge is 0.177 e. The zero-order valence-corrected chi connectivity index (χ0v) is 11.3. The highest BCUT2D eigenvalue weighted by Gasteiger charge is 2.37. The lowest BCUT2D eigenvalue weighted by atomic mass is 10.1. The van der Waals surface area contributed by atoms with E-state index < -0.39 is 38.5 Å². The molecule has 2 rings (SSSR count). The molecule has 1 aliphatic heterocycles. The van der Waals surface area contributed by atoms with Gasteiger partial charge >= 0.3 is 0 Å². The second kappa shape index (κ2) is 5.38. The highest BCUT2D eigenvalue weighted by Crippen LogP contribution is 2.22. The third-order valence-electron chi connectivity index (χ3n) is 3.25. The van der Waals surface area contributed by atoms with Crippen molar-refractivity contribution in [3.05, 3.63) is 35.6 Å².